The molecular formula is C20H25N3O3S2. The van der Waals surface area contributed by atoms with E-state index in [4.69, 9.17) is 0 Å². The van der Waals surface area contributed by atoms with Crippen LogP contribution in [-0.4, -0.2) is 26.4 Å². The van der Waals surface area contributed by atoms with E-state index in [0.29, 0.717) is 11.0 Å². The Morgan fingerprint density at radius 2 is 2.04 bits per heavy atom. The molecule has 4 rings (SSSR count). The number of benzene rings is 1. The van der Waals surface area contributed by atoms with Crippen LogP contribution in [0.3, 0.4) is 0 Å². The molecule has 1 aromatic carbocycles. The first-order chi connectivity index (χ1) is 13.5. The van der Waals surface area contributed by atoms with Gasteiger partial charge in [0, 0.05) is 11.6 Å². The van der Waals surface area contributed by atoms with Crippen LogP contribution in [0.15, 0.2) is 40.7 Å². The first kappa shape index (κ1) is 19.5. The summed E-state index contributed by atoms with van der Waals surface area (Å²) in [6, 6.07) is 6.85. The molecule has 0 saturated heterocycles. The summed E-state index contributed by atoms with van der Waals surface area (Å²) in [7, 11) is -2.17. The highest BCUT2D eigenvalue weighted by Crippen LogP contribution is 2.61. The highest BCUT2D eigenvalue weighted by molar-refractivity contribution is 7.89. The van der Waals surface area contributed by atoms with Gasteiger partial charge in [-0.05, 0) is 43.0 Å². The second kappa shape index (κ2) is 7.57. The second-order valence-corrected chi connectivity index (χ2v) is 10.5. The lowest BCUT2D eigenvalue weighted by molar-refractivity contribution is -0.119. The molecule has 1 amide bonds. The molecule has 1 aromatic heterocycles. The van der Waals surface area contributed by atoms with Gasteiger partial charge in [0.15, 0.2) is 5.13 Å². The van der Waals surface area contributed by atoms with E-state index in [-0.39, 0.29) is 16.7 Å². The smallest absolute Gasteiger partial charge is 0.240 e. The van der Waals surface area contributed by atoms with Gasteiger partial charge in [-0.1, -0.05) is 44.2 Å². The second-order valence-electron chi connectivity index (χ2n) is 7.71. The average Bonchev–Trinajstić information content (AvgIpc) is 3.30. The molecule has 2 aliphatic rings. The number of carbonyl (C=O) groups is 1. The van der Waals surface area contributed by atoms with Gasteiger partial charge < -0.3 is 5.32 Å². The van der Waals surface area contributed by atoms with Crippen LogP contribution < -0.4 is 10.0 Å². The van der Waals surface area contributed by atoms with Crippen LogP contribution in [0.1, 0.15) is 44.1 Å². The summed E-state index contributed by atoms with van der Waals surface area (Å²) < 4.78 is 26.9. The van der Waals surface area contributed by atoms with E-state index in [0.717, 1.165) is 24.8 Å². The number of hydrogen-bond donors (Lipinski definition) is 2. The van der Waals surface area contributed by atoms with E-state index < -0.39 is 15.4 Å². The Hall–Kier alpha value is -1.77. The number of aromatic nitrogens is 1. The van der Waals surface area contributed by atoms with E-state index >= 15 is 0 Å². The number of sulfonamides is 1. The van der Waals surface area contributed by atoms with Gasteiger partial charge in [0.05, 0.1) is 10.3 Å². The van der Waals surface area contributed by atoms with Crippen molar-refractivity contribution < 1.29 is 13.2 Å². The van der Waals surface area contributed by atoms with Crippen LogP contribution in [0.2, 0.25) is 0 Å². The molecule has 28 heavy (non-hydrogen) atoms. The molecule has 0 bridgehead atoms. The zero-order valence-electron chi connectivity index (χ0n) is 15.8. The number of hydrogen-bond acceptors (Lipinski definition) is 5. The van der Waals surface area contributed by atoms with Crippen LogP contribution in [-0.2, 0) is 20.2 Å². The first-order valence-electron chi connectivity index (χ1n) is 9.72. The molecular weight excluding hydrogens is 394 g/mol. The zero-order valence-corrected chi connectivity index (χ0v) is 17.5. The maximum Gasteiger partial charge on any atom is 0.240 e. The Labute approximate surface area is 169 Å². The fourth-order valence-corrected chi connectivity index (χ4v) is 5.97. The number of anilines is 1. The Morgan fingerprint density at radius 3 is 2.71 bits per heavy atom. The number of rotatable bonds is 6. The van der Waals surface area contributed by atoms with Crippen LogP contribution in [0, 0.1) is 11.8 Å². The molecule has 2 N–H and O–H groups in total. The van der Waals surface area contributed by atoms with Crippen molar-refractivity contribution in [2.24, 2.45) is 11.8 Å². The van der Waals surface area contributed by atoms with Gasteiger partial charge in [-0.2, -0.15) is 0 Å². The molecule has 2 aromatic rings. The number of amides is 1. The molecule has 0 unspecified atom stereocenters. The molecule has 2 aliphatic carbocycles. The van der Waals surface area contributed by atoms with Crippen molar-refractivity contribution in [3.8, 4) is 0 Å². The van der Waals surface area contributed by atoms with Crippen molar-refractivity contribution in [3.63, 3.8) is 0 Å². The zero-order chi connectivity index (χ0) is 19.8. The normalized spacial score (nSPS) is 25.4. The lowest BCUT2D eigenvalue weighted by Gasteiger charge is -2.26. The summed E-state index contributed by atoms with van der Waals surface area (Å²) in [4.78, 5) is 17.7. The fraction of sp³-hybridized carbons (Fsp3) is 0.500. The number of carbonyl (C=O) groups excluding carboxylic acids is 1. The predicted octanol–water partition coefficient (Wildman–Crippen LogP) is 3.53. The third kappa shape index (κ3) is 3.49. The Morgan fingerprint density at radius 1 is 1.25 bits per heavy atom. The number of nitrogens with zero attached hydrogens (tertiary/aromatic N) is 1. The SMILES string of the molecule is CNS(=O)(=O)c1cccc([C@@]2(C(=O)Nc3nccs3)C[C@H]2C2CCCCC2)c1. The minimum Gasteiger partial charge on any atom is -0.301 e. The summed E-state index contributed by atoms with van der Waals surface area (Å²) in [5.41, 5.74) is 0.112. The molecule has 2 fully saturated rings. The van der Waals surface area contributed by atoms with Crippen molar-refractivity contribution in [1.82, 2.24) is 9.71 Å². The number of thiazole rings is 1. The van der Waals surface area contributed by atoms with E-state index in [1.165, 1.54) is 37.6 Å². The molecule has 6 nitrogen and oxygen atoms in total. The van der Waals surface area contributed by atoms with Crippen LogP contribution >= 0.6 is 11.3 Å². The summed E-state index contributed by atoms with van der Waals surface area (Å²) in [5.74, 6) is 0.692. The van der Waals surface area contributed by atoms with Crippen LogP contribution in [0.5, 0.6) is 0 Å². The van der Waals surface area contributed by atoms with Crippen molar-refractivity contribution in [3.05, 3.63) is 41.4 Å². The van der Waals surface area contributed by atoms with Gasteiger partial charge in [-0.25, -0.2) is 18.1 Å². The Kier molecular flexibility index (Phi) is 5.28. The maximum absolute atomic E-state index is 13.4. The van der Waals surface area contributed by atoms with E-state index in [9.17, 15) is 13.2 Å². The summed E-state index contributed by atoms with van der Waals surface area (Å²) in [6.07, 6.45) is 8.39. The van der Waals surface area contributed by atoms with Gasteiger partial charge in [-0.15, -0.1) is 11.3 Å². The topological polar surface area (TPSA) is 88.2 Å². The largest absolute Gasteiger partial charge is 0.301 e. The van der Waals surface area contributed by atoms with Gasteiger partial charge in [0.1, 0.15) is 0 Å². The highest BCUT2D eigenvalue weighted by atomic mass is 32.2. The minimum atomic E-state index is -3.56. The van der Waals surface area contributed by atoms with Crippen molar-refractivity contribution in [2.45, 2.75) is 48.8 Å². The summed E-state index contributed by atoms with van der Waals surface area (Å²) in [6.45, 7) is 0. The van der Waals surface area contributed by atoms with Crippen molar-refractivity contribution in [2.75, 3.05) is 12.4 Å². The van der Waals surface area contributed by atoms with Gasteiger partial charge in [0.2, 0.25) is 15.9 Å². The van der Waals surface area contributed by atoms with Crippen molar-refractivity contribution >= 4 is 32.4 Å². The van der Waals surface area contributed by atoms with Crippen LogP contribution in [0.25, 0.3) is 0 Å². The van der Waals surface area contributed by atoms with Gasteiger partial charge in [-0.3, -0.25) is 4.79 Å². The third-order valence-electron chi connectivity index (χ3n) is 6.22. The van der Waals surface area contributed by atoms with E-state index in [1.807, 2.05) is 11.4 Å². The molecule has 150 valence electrons. The lowest BCUT2D eigenvalue weighted by atomic mass is 9.80. The highest BCUT2D eigenvalue weighted by Gasteiger charge is 2.63. The minimum absolute atomic E-state index is 0.0722. The quantitative estimate of drug-likeness (QED) is 0.750. The summed E-state index contributed by atoms with van der Waals surface area (Å²) >= 11 is 1.39. The lowest BCUT2D eigenvalue weighted by Crippen LogP contribution is -2.32. The summed E-state index contributed by atoms with van der Waals surface area (Å²) in [5, 5.41) is 5.38. The predicted molar refractivity (Wildman–Crippen MR) is 110 cm³/mol. The van der Waals surface area contributed by atoms with Gasteiger partial charge >= 0.3 is 0 Å². The average molecular weight is 420 g/mol. The van der Waals surface area contributed by atoms with Gasteiger partial charge in [0.25, 0.3) is 0 Å². The molecule has 8 heteroatoms. The Bertz CT molecular complexity index is 953. The Balaban J connectivity index is 1.70. The van der Waals surface area contributed by atoms with E-state index in [1.54, 1.807) is 24.4 Å². The monoisotopic (exact) mass is 419 g/mol. The molecule has 0 radical (unpaired) electrons. The fourth-order valence-electron chi connectivity index (χ4n) is 4.67. The maximum atomic E-state index is 13.4. The first-order valence-corrected chi connectivity index (χ1v) is 12.1. The molecule has 0 spiro atoms. The standard InChI is InChI=1S/C20H25N3O3S2/c1-21-28(25,26)16-9-5-8-15(12-16)20(18(24)23-19-22-10-11-27-19)13-17(20)14-6-3-2-4-7-14/h5,8-12,14,17,21H,2-4,6-7,13H2,1H3,(H,22,23,24)/t17-,20-/m0/s1. The number of nitrogens with one attached hydrogen (secondary N) is 2. The van der Waals surface area contributed by atoms with E-state index in [2.05, 4.69) is 15.0 Å². The molecule has 2 atom stereocenters. The third-order valence-corrected chi connectivity index (χ3v) is 8.32. The van der Waals surface area contributed by atoms with Crippen molar-refractivity contribution in [1.29, 1.82) is 0 Å². The molecule has 1 heterocycles. The molecule has 0 aliphatic heterocycles. The van der Waals surface area contributed by atoms with Crippen LogP contribution in [0.4, 0.5) is 5.13 Å². The molecule has 2 saturated carbocycles.